The number of carbonyl (C=O) groups is 1. The first-order chi connectivity index (χ1) is 13.3. The molecule has 3 rings (SSSR count). The van der Waals surface area contributed by atoms with Gasteiger partial charge in [0.2, 0.25) is 17.6 Å². The molecule has 1 aliphatic heterocycles. The molecule has 1 aromatic heterocycles. The van der Waals surface area contributed by atoms with Crippen molar-refractivity contribution in [3.05, 3.63) is 35.2 Å². The maximum Gasteiger partial charge on any atom is 0.242 e. The molecule has 28 heavy (non-hydrogen) atoms. The Kier molecular flexibility index (Phi) is 6.40. The highest BCUT2D eigenvalue weighted by molar-refractivity contribution is 7.92. The average Bonchev–Trinajstić information content (AvgIpc) is 3.15. The van der Waals surface area contributed by atoms with Gasteiger partial charge >= 0.3 is 0 Å². The molecule has 1 fully saturated rings. The number of rotatable bonds is 6. The minimum Gasteiger partial charge on any atom is -0.339 e. The summed E-state index contributed by atoms with van der Waals surface area (Å²) in [5.41, 5.74) is 0.667. The maximum absolute atomic E-state index is 12.8. The summed E-state index contributed by atoms with van der Waals surface area (Å²) < 4.78 is 30.7. The Bertz CT molecular complexity index is 927. The monoisotopic (exact) mass is 425 g/mol. The number of aromatic nitrogens is 2. The third-order valence-corrected chi connectivity index (χ3v) is 7.34. The van der Waals surface area contributed by atoms with Crippen LogP contribution in [0.25, 0.3) is 11.4 Å². The first-order valence-electron chi connectivity index (χ1n) is 9.42. The Morgan fingerprint density at radius 3 is 2.71 bits per heavy atom. The van der Waals surface area contributed by atoms with Crippen molar-refractivity contribution in [2.75, 3.05) is 6.54 Å². The molecule has 2 heterocycles. The van der Waals surface area contributed by atoms with Crippen LogP contribution in [0.5, 0.6) is 0 Å². The summed E-state index contributed by atoms with van der Waals surface area (Å²) in [6, 6.07) is 6.93. The predicted molar refractivity (Wildman–Crippen MR) is 106 cm³/mol. The normalized spacial score (nSPS) is 18.8. The van der Waals surface area contributed by atoms with Gasteiger partial charge in [0.1, 0.15) is 11.0 Å². The van der Waals surface area contributed by atoms with Crippen LogP contribution in [0.4, 0.5) is 0 Å². The highest BCUT2D eigenvalue weighted by Gasteiger charge is 2.36. The molecule has 0 aliphatic carbocycles. The van der Waals surface area contributed by atoms with Gasteiger partial charge in [-0.2, -0.15) is 4.98 Å². The first-order valence-corrected chi connectivity index (χ1v) is 11.5. The maximum atomic E-state index is 12.8. The zero-order chi connectivity index (χ0) is 20.3. The van der Waals surface area contributed by atoms with E-state index in [-0.39, 0.29) is 23.7 Å². The molecule has 0 unspecified atom stereocenters. The van der Waals surface area contributed by atoms with Gasteiger partial charge in [0, 0.05) is 23.2 Å². The molecule has 0 bridgehead atoms. The second-order valence-corrected chi connectivity index (χ2v) is 9.82. The molecule has 9 heteroatoms. The lowest BCUT2D eigenvalue weighted by Crippen LogP contribution is -2.49. The molecule has 1 amide bonds. The van der Waals surface area contributed by atoms with Crippen LogP contribution in [-0.4, -0.2) is 47.2 Å². The van der Waals surface area contributed by atoms with Crippen molar-refractivity contribution < 1.29 is 17.7 Å². The Balaban J connectivity index is 1.72. The van der Waals surface area contributed by atoms with Crippen LogP contribution >= 0.6 is 11.6 Å². The van der Waals surface area contributed by atoms with Crippen molar-refractivity contribution in [3.8, 4) is 11.4 Å². The second kappa shape index (κ2) is 8.61. The van der Waals surface area contributed by atoms with E-state index in [0.717, 1.165) is 25.7 Å². The highest BCUT2D eigenvalue weighted by Crippen LogP contribution is 2.23. The number of hydrogen-bond donors (Lipinski definition) is 0. The Morgan fingerprint density at radius 2 is 2.04 bits per heavy atom. The van der Waals surface area contributed by atoms with Gasteiger partial charge in [0.05, 0.1) is 0 Å². The number of carbonyl (C=O) groups excluding carboxylic acids is 1. The SMILES string of the molecule is CC[C@@H]1CCCCN1C(=O)[C@H](C)S(=O)(=O)Cc1nc(-c2ccc(Cl)cc2)no1. The summed E-state index contributed by atoms with van der Waals surface area (Å²) in [4.78, 5) is 18.7. The summed E-state index contributed by atoms with van der Waals surface area (Å²) in [5, 5.41) is 3.26. The highest BCUT2D eigenvalue weighted by atomic mass is 35.5. The van der Waals surface area contributed by atoms with Crippen LogP contribution in [0.2, 0.25) is 5.02 Å². The molecular formula is C19H24ClN3O4S. The van der Waals surface area contributed by atoms with Gasteiger partial charge in [0.25, 0.3) is 0 Å². The van der Waals surface area contributed by atoms with Crippen LogP contribution in [0.3, 0.4) is 0 Å². The molecule has 1 aromatic carbocycles. The molecule has 2 aromatic rings. The summed E-state index contributed by atoms with van der Waals surface area (Å²) in [7, 11) is -3.78. The van der Waals surface area contributed by atoms with Crippen molar-refractivity contribution in [1.82, 2.24) is 15.0 Å². The lowest BCUT2D eigenvalue weighted by Gasteiger charge is -2.36. The first kappa shape index (κ1) is 20.8. The predicted octanol–water partition coefficient (Wildman–Crippen LogP) is 3.48. The Hall–Kier alpha value is -1.93. The number of benzene rings is 1. The topological polar surface area (TPSA) is 93.4 Å². The van der Waals surface area contributed by atoms with Gasteiger partial charge in [-0.3, -0.25) is 4.79 Å². The molecule has 0 saturated carbocycles. The molecule has 0 radical (unpaired) electrons. The van der Waals surface area contributed by atoms with E-state index in [1.807, 2.05) is 6.92 Å². The number of hydrogen-bond acceptors (Lipinski definition) is 6. The summed E-state index contributed by atoms with van der Waals surface area (Å²) in [6.45, 7) is 4.07. The Labute approximate surface area is 170 Å². The zero-order valence-electron chi connectivity index (χ0n) is 16.0. The fourth-order valence-corrected chi connectivity index (χ4v) is 4.71. The molecule has 0 spiro atoms. The summed E-state index contributed by atoms with van der Waals surface area (Å²) in [6.07, 6.45) is 3.72. The molecule has 152 valence electrons. The van der Waals surface area contributed by atoms with Crippen molar-refractivity contribution in [2.45, 2.75) is 56.6 Å². The van der Waals surface area contributed by atoms with Crippen molar-refractivity contribution >= 4 is 27.3 Å². The van der Waals surface area contributed by atoms with Gasteiger partial charge in [-0.1, -0.05) is 23.7 Å². The van der Waals surface area contributed by atoms with Crippen LogP contribution in [0.1, 0.15) is 45.4 Å². The van der Waals surface area contributed by atoms with Crippen molar-refractivity contribution in [3.63, 3.8) is 0 Å². The van der Waals surface area contributed by atoms with E-state index < -0.39 is 20.8 Å². The van der Waals surface area contributed by atoms with E-state index >= 15 is 0 Å². The fraction of sp³-hybridized carbons (Fsp3) is 0.526. The summed E-state index contributed by atoms with van der Waals surface area (Å²) >= 11 is 5.86. The van der Waals surface area contributed by atoms with Crippen molar-refractivity contribution in [2.24, 2.45) is 0 Å². The number of piperidine rings is 1. The van der Waals surface area contributed by atoms with Gasteiger partial charge in [-0.25, -0.2) is 8.42 Å². The second-order valence-electron chi connectivity index (χ2n) is 7.06. The van der Waals surface area contributed by atoms with Crippen LogP contribution < -0.4 is 0 Å². The molecule has 7 nitrogen and oxygen atoms in total. The number of sulfone groups is 1. The molecule has 1 aliphatic rings. The van der Waals surface area contributed by atoms with Crippen LogP contribution in [-0.2, 0) is 20.4 Å². The number of amides is 1. The average molecular weight is 426 g/mol. The van der Waals surface area contributed by atoms with E-state index in [9.17, 15) is 13.2 Å². The van der Waals surface area contributed by atoms with Gasteiger partial charge in [-0.05, 0) is 56.9 Å². The van der Waals surface area contributed by atoms with E-state index in [2.05, 4.69) is 10.1 Å². The molecular weight excluding hydrogens is 402 g/mol. The van der Waals surface area contributed by atoms with E-state index in [0.29, 0.717) is 17.1 Å². The lowest BCUT2D eigenvalue weighted by molar-refractivity contribution is -0.134. The van der Waals surface area contributed by atoms with E-state index in [1.165, 1.54) is 6.92 Å². The van der Waals surface area contributed by atoms with Gasteiger partial charge in [-0.15, -0.1) is 0 Å². The summed E-state index contributed by atoms with van der Waals surface area (Å²) in [5.74, 6) is -0.562. The standard InChI is InChI=1S/C19H24ClN3O4S/c1-3-16-6-4-5-11-23(16)19(24)13(2)28(25,26)12-17-21-18(22-27-17)14-7-9-15(20)10-8-14/h7-10,13,16H,3-6,11-12H2,1-2H3/t13-,16+/m0/s1. The largest absolute Gasteiger partial charge is 0.339 e. The van der Waals surface area contributed by atoms with Crippen LogP contribution in [0.15, 0.2) is 28.8 Å². The third kappa shape index (κ3) is 4.55. The fourth-order valence-electron chi connectivity index (χ4n) is 3.43. The van der Waals surface area contributed by atoms with Crippen molar-refractivity contribution in [1.29, 1.82) is 0 Å². The molecule has 0 N–H and O–H groups in total. The minimum atomic E-state index is -3.78. The third-order valence-electron chi connectivity index (χ3n) is 5.16. The van der Waals surface area contributed by atoms with E-state index in [1.54, 1.807) is 29.2 Å². The smallest absolute Gasteiger partial charge is 0.242 e. The number of likely N-dealkylation sites (tertiary alicyclic amines) is 1. The zero-order valence-corrected chi connectivity index (χ0v) is 17.5. The number of nitrogens with zero attached hydrogens (tertiary/aromatic N) is 3. The van der Waals surface area contributed by atoms with Crippen LogP contribution in [0, 0.1) is 0 Å². The lowest BCUT2D eigenvalue weighted by atomic mass is 10.00. The Morgan fingerprint density at radius 1 is 1.32 bits per heavy atom. The van der Waals surface area contributed by atoms with Gasteiger partial charge in [0.15, 0.2) is 9.84 Å². The molecule has 2 atom stereocenters. The molecule has 1 saturated heterocycles. The minimum absolute atomic E-state index is 0.0321. The van der Waals surface area contributed by atoms with Gasteiger partial charge < -0.3 is 9.42 Å². The van der Waals surface area contributed by atoms with E-state index in [4.69, 9.17) is 16.1 Å². The number of halogens is 1. The quantitative estimate of drug-likeness (QED) is 0.703.